The molecule has 0 amide bonds. The predicted molar refractivity (Wildman–Crippen MR) is 98.9 cm³/mol. The molecule has 0 saturated carbocycles. The molecule has 3 rings (SSSR count). The molecule has 27 heavy (non-hydrogen) atoms. The van der Waals surface area contributed by atoms with Gasteiger partial charge in [-0.15, -0.1) is 0 Å². The summed E-state index contributed by atoms with van der Waals surface area (Å²) < 4.78 is 36.9. The Balaban J connectivity index is 2.06. The van der Waals surface area contributed by atoms with E-state index in [2.05, 4.69) is 0 Å². The number of sulfone groups is 1. The maximum atomic E-state index is 13.2. The smallest absolute Gasteiger partial charge is 0.288 e. The molecule has 8 heteroatoms. The number of nitro groups is 1. The van der Waals surface area contributed by atoms with Crippen molar-refractivity contribution in [3.05, 3.63) is 58.1 Å². The van der Waals surface area contributed by atoms with Crippen LogP contribution in [0.1, 0.15) is 26.3 Å². The minimum Gasteiger partial charge on any atom is -0.491 e. The van der Waals surface area contributed by atoms with E-state index in [1.165, 1.54) is 18.2 Å². The minimum absolute atomic E-state index is 0.0104. The van der Waals surface area contributed by atoms with Crippen LogP contribution < -0.4 is 4.74 Å². The van der Waals surface area contributed by atoms with Crippen LogP contribution in [0.4, 0.5) is 5.69 Å². The molecule has 1 atom stereocenters. The summed E-state index contributed by atoms with van der Waals surface area (Å²) in [5.41, 5.74) is 0.0860. The highest BCUT2D eigenvalue weighted by Crippen LogP contribution is 2.34. The van der Waals surface area contributed by atoms with Crippen LogP contribution in [0.5, 0.6) is 5.75 Å². The summed E-state index contributed by atoms with van der Waals surface area (Å²) in [7, 11) is -4.10. The Labute approximate surface area is 158 Å². The van der Waals surface area contributed by atoms with Crippen molar-refractivity contribution in [2.24, 2.45) is 0 Å². The Morgan fingerprint density at radius 2 is 1.93 bits per heavy atom. The quantitative estimate of drug-likeness (QED) is 0.424. The van der Waals surface area contributed by atoms with E-state index in [9.17, 15) is 18.5 Å². The molecule has 1 fully saturated rings. The van der Waals surface area contributed by atoms with Crippen LogP contribution in [-0.2, 0) is 20.0 Å². The first kappa shape index (κ1) is 19.3. The van der Waals surface area contributed by atoms with Crippen LogP contribution in [-0.4, -0.2) is 32.7 Å². The van der Waals surface area contributed by atoms with Crippen LogP contribution in [0.2, 0.25) is 0 Å². The molecule has 2 aromatic rings. The highest BCUT2D eigenvalue weighted by molar-refractivity contribution is 7.91. The van der Waals surface area contributed by atoms with Crippen molar-refractivity contribution in [3.63, 3.8) is 0 Å². The Morgan fingerprint density at radius 3 is 2.52 bits per heavy atom. The number of hydrogen-bond donors (Lipinski definition) is 0. The van der Waals surface area contributed by atoms with E-state index >= 15 is 0 Å². The van der Waals surface area contributed by atoms with Gasteiger partial charge in [-0.2, -0.15) is 0 Å². The molecule has 0 spiro atoms. The van der Waals surface area contributed by atoms with Crippen molar-refractivity contribution >= 4 is 15.5 Å². The fourth-order valence-corrected chi connectivity index (χ4v) is 4.04. The number of epoxide rings is 1. The molecule has 1 aliphatic rings. The van der Waals surface area contributed by atoms with E-state index in [-0.39, 0.29) is 33.7 Å². The first-order valence-corrected chi connectivity index (χ1v) is 9.96. The molecular weight excluding hydrogens is 370 g/mol. The van der Waals surface area contributed by atoms with E-state index in [1.807, 2.05) is 26.8 Å². The fraction of sp³-hybridized carbons (Fsp3) is 0.368. The van der Waals surface area contributed by atoms with Crippen LogP contribution in [0, 0.1) is 10.1 Å². The number of hydrogen-bond acceptors (Lipinski definition) is 6. The van der Waals surface area contributed by atoms with Gasteiger partial charge in [-0.05, 0) is 29.2 Å². The maximum Gasteiger partial charge on any atom is 0.288 e. The molecule has 144 valence electrons. The molecule has 1 heterocycles. The second kappa shape index (κ2) is 6.94. The second-order valence-electron chi connectivity index (χ2n) is 7.43. The molecule has 1 aliphatic heterocycles. The summed E-state index contributed by atoms with van der Waals surface area (Å²) in [6.45, 7) is 6.77. The molecular formula is C19H21NO6S. The third-order valence-corrected chi connectivity index (χ3v) is 6.05. The van der Waals surface area contributed by atoms with E-state index in [0.29, 0.717) is 6.61 Å². The molecule has 7 nitrogen and oxygen atoms in total. The predicted octanol–water partition coefficient (Wildman–Crippen LogP) is 3.50. The zero-order valence-corrected chi connectivity index (χ0v) is 16.2. The second-order valence-corrected chi connectivity index (χ2v) is 9.35. The minimum atomic E-state index is -4.10. The van der Waals surface area contributed by atoms with Crippen molar-refractivity contribution in [3.8, 4) is 5.75 Å². The average molecular weight is 391 g/mol. The Bertz CT molecular complexity index is 974. The topological polar surface area (TPSA) is 99.0 Å². The van der Waals surface area contributed by atoms with E-state index in [1.54, 1.807) is 12.1 Å². The number of nitro benzene ring substituents is 1. The van der Waals surface area contributed by atoms with Crippen molar-refractivity contribution < 1.29 is 22.8 Å². The lowest BCUT2D eigenvalue weighted by molar-refractivity contribution is -0.387. The van der Waals surface area contributed by atoms with Crippen LogP contribution in [0.25, 0.3) is 0 Å². The summed E-state index contributed by atoms with van der Waals surface area (Å²) >= 11 is 0. The third kappa shape index (κ3) is 4.28. The van der Waals surface area contributed by atoms with Gasteiger partial charge in [0.05, 0.1) is 16.4 Å². The largest absolute Gasteiger partial charge is 0.491 e. The van der Waals surface area contributed by atoms with Gasteiger partial charge in [0.2, 0.25) is 9.84 Å². The van der Waals surface area contributed by atoms with Crippen molar-refractivity contribution in [1.29, 1.82) is 0 Å². The molecule has 0 bridgehead atoms. The van der Waals surface area contributed by atoms with Gasteiger partial charge in [0.25, 0.3) is 5.69 Å². The Morgan fingerprint density at radius 1 is 1.22 bits per heavy atom. The van der Waals surface area contributed by atoms with Gasteiger partial charge < -0.3 is 9.47 Å². The fourth-order valence-electron chi connectivity index (χ4n) is 2.56. The molecule has 0 aromatic heterocycles. The van der Waals surface area contributed by atoms with Crippen LogP contribution >= 0.6 is 0 Å². The lowest BCUT2D eigenvalue weighted by Crippen LogP contribution is -2.13. The Kier molecular flexibility index (Phi) is 4.96. The lowest BCUT2D eigenvalue weighted by atomic mass is 9.87. The molecule has 2 aromatic carbocycles. The highest BCUT2D eigenvalue weighted by Gasteiger charge is 2.30. The van der Waals surface area contributed by atoms with E-state index < -0.39 is 20.4 Å². The summed E-state index contributed by atoms with van der Waals surface area (Å²) in [6, 6.07) is 10.2. The van der Waals surface area contributed by atoms with E-state index in [4.69, 9.17) is 9.47 Å². The standard InChI is InChI=1S/C19H21NO6S/c1-19(2,3)13-5-4-6-16(9-13)27(23,24)18-10-14(25-11-15-12-26-15)7-8-17(18)20(21)22/h4-10,15H,11-12H2,1-3H3. The number of nitrogens with zero attached hydrogens (tertiary/aromatic N) is 1. The van der Waals surface area contributed by atoms with Crippen molar-refractivity contribution in [2.75, 3.05) is 13.2 Å². The first-order chi connectivity index (χ1) is 12.6. The third-order valence-electron chi connectivity index (χ3n) is 4.27. The van der Waals surface area contributed by atoms with Gasteiger partial charge in [0.1, 0.15) is 18.5 Å². The van der Waals surface area contributed by atoms with Crippen LogP contribution in [0.15, 0.2) is 52.3 Å². The normalized spacial score (nSPS) is 16.8. The number of ether oxygens (including phenoxy) is 2. The average Bonchev–Trinajstić information content (AvgIpc) is 3.43. The zero-order valence-electron chi connectivity index (χ0n) is 15.3. The van der Waals surface area contributed by atoms with Gasteiger partial charge >= 0.3 is 0 Å². The number of benzene rings is 2. The molecule has 1 unspecified atom stereocenters. The van der Waals surface area contributed by atoms with E-state index in [0.717, 1.165) is 11.6 Å². The van der Waals surface area contributed by atoms with Gasteiger partial charge in [0.15, 0.2) is 4.90 Å². The lowest BCUT2D eigenvalue weighted by Gasteiger charge is -2.19. The van der Waals surface area contributed by atoms with Gasteiger partial charge in [0, 0.05) is 12.1 Å². The molecule has 0 radical (unpaired) electrons. The van der Waals surface area contributed by atoms with Gasteiger partial charge in [-0.3, -0.25) is 10.1 Å². The SMILES string of the molecule is CC(C)(C)c1cccc(S(=O)(=O)c2cc(OCC3CO3)ccc2[N+](=O)[O-])c1. The van der Waals surface area contributed by atoms with Gasteiger partial charge in [-0.25, -0.2) is 8.42 Å². The highest BCUT2D eigenvalue weighted by atomic mass is 32.2. The van der Waals surface area contributed by atoms with Crippen LogP contribution in [0.3, 0.4) is 0 Å². The Hall–Kier alpha value is -2.45. The molecule has 0 N–H and O–H groups in total. The van der Waals surface area contributed by atoms with Gasteiger partial charge in [-0.1, -0.05) is 32.9 Å². The zero-order chi connectivity index (χ0) is 19.8. The summed E-state index contributed by atoms with van der Waals surface area (Å²) in [6.07, 6.45) is -0.0104. The molecule has 1 saturated heterocycles. The van der Waals surface area contributed by atoms with Crippen molar-refractivity contribution in [1.82, 2.24) is 0 Å². The number of rotatable bonds is 6. The molecule has 0 aliphatic carbocycles. The summed E-state index contributed by atoms with van der Waals surface area (Å²) in [4.78, 5) is 10.3. The summed E-state index contributed by atoms with van der Waals surface area (Å²) in [5, 5.41) is 11.4. The summed E-state index contributed by atoms with van der Waals surface area (Å²) in [5.74, 6) is 0.252. The maximum absolute atomic E-state index is 13.2. The monoisotopic (exact) mass is 391 g/mol. The first-order valence-electron chi connectivity index (χ1n) is 8.47. The van der Waals surface area contributed by atoms with Crippen molar-refractivity contribution in [2.45, 2.75) is 42.1 Å².